The summed E-state index contributed by atoms with van der Waals surface area (Å²) in [5.41, 5.74) is 11.5. The smallest absolute Gasteiger partial charge is 0.116 e. The average Bonchev–Trinajstić information content (AvgIpc) is 2.83. The number of allylic oxidation sites excluding steroid dienone is 3. The summed E-state index contributed by atoms with van der Waals surface area (Å²) < 4.78 is 0. The van der Waals surface area contributed by atoms with Gasteiger partial charge in [-0.05, 0) is 76.2 Å². The van der Waals surface area contributed by atoms with Crippen molar-refractivity contribution in [2.75, 3.05) is 56.5 Å². The van der Waals surface area contributed by atoms with Crippen LogP contribution >= 0.6 is 8.58 Å². The van der Waals surface area contributed by atoms with Gasteiger partial charge in [0, 0.05) is 62.4 Å². The second-order valence-corrected chi connectivity index (χ2v) is 11.6. The fourth-order valence-corrected chi connectivity index (χ4v) is 6.06. The van der Waals surface area contributed by atoms with E-state index in [4.69, 9.17) is 5.73 Å². The number of benzene rings is 1. The molecule has 7 heteroatoms. The molecule has 0 amide bonds. The van der Waals surface area contributed by atoms with E-state index in [2.05, 4.69) is 84.9 Å². The second-order valence-electron chi connectivity index (χ2n) is 9.94. The van der Waals surface area contributed by atoms with E-state index in [0.717, 1.165) is 31.2 Å². The lowest BCUT2D eigenvalue weighted by atomic mass is 10.0. The minimum absolute atomic E-state index is 0.0941. The van der Waals surface area contributed by atoms with Gasteiger partial charge in [-0.25, -0.2) is 0 Å². The summed E-state index contributed by atoms with van der Waals surface area (Å²) in [6.07, 6.45) is 5.60. The Morgan fingerprint density at radius 2 is 1.76 bits per heavy atom. The van der Waals surface area contributed by atoms with Gasteiger partial charge in [0.1, 0.15) is 6.17 Å². The molecule has 4 rings (SSSR count). The summed E-state index contributed by atoms with van der Waals surface area (Å²) in [5.74, 6) is 0.113. The summed E-state index contributed by atoms with van der Waals surface area (Å²) in [7, 11) is 2.91. The molecule has 0 saturated carbocycles. The average molecular weight is 487 g/mol. The van der Waals surface area contributed by atoms with Crippen molar-refractivity contribution in [1.29, 1.82) is 0 Å². The molecular formula is C27H47N6P. The predicted molar refractivity (Wildman–Crippen MR) is 151 cm³/mol. The quantitative estimate of drug-likeness (QED) is 0.425. The number of rotatable bonds is 5. The molecule has 3 heterocycles. The van der Waals surface area contributed by atoms with Crippen molar-refractivity contribution in [3.8, 4) is 0 Å². The van der Waals surface area contributed by atoms with Crippen molar-refractivity contribution in [2.24, 2.45) is 5.73 Å². The molecule has 3 unspecified atom stereocenters. The Hall–Kier alpha value is -1.59. The SMILES string of the molecule is C=CCC.CC1=C(C)PC(N)C(Nc2ccc(N3CCC(N4CCN(C)CC4)CC3)c(C)c2)N1. The van der Waals surface area contributed by atoms with Gasteiger partial charge in [-0.1, -0.05) is 21.6 Å². The van der Waals surface area contributed by atoms with E-state index in [1.165, 1.54) is 61.3 Å². The van der Waals surface area contributed by atoms with Crippen LogP contribution in [0.4, 0.5) is 11.4 Å². The molecule has 34 heavy (non-hydrogen) atoms. The fraction of sp³-hybridized carbons (Fsp3) is 0.630. The zero-order valence-corrected chi connectivity index (χ0v) is 23.0. The summed E-state index contributed by atoms with van der Waals surface area (Å²) in [4.78, 5) is 7.74. The number of nitrogens with zero attached hydrogens (tertiary/aromatic N) is 3. The molecule has 0 aliphatic carbocycles. The third-order valence-electron chi connectivity index (χ3n) is 7.34. The van der Waals surface area contributed by atoms with Gasteiger partial charge in [-0.3, -0.25) is 4.90 Å². The molecule has 190 valence electrons. The Labute approximate surface area is 209 Å². The highest BCUT2D eigenvalue weighted by Gasteiger charge is 2.27. The summed E-state index contributed by atoms with van der Waals surface area (Å²) >= 11 is 0. The monoisotopic (exact) mass is 486 g/mol. The third-order valence-corrected chi connectivity index (χ3v) is 8.82. The normalized spacial score (nSPS) is 25.5. The predicted octanol–water partition coefficient (Wildman–Crippen LogP) is 4.35. The number of hydrogen-bond donors (Lipinski definition) is 3. The maximum absolute atomic E-state index is 6.38. The Morgan fingerprint density at radius 1 is 1.12 bits per heavy atom. The first-order valence-corrected chi connectivity index (χ1v) is 14.0. The van der Waals surface area contributed by atoms with Gasteiger partial charge in [0.05, 0.1) is 5.78 Å². The molecule has 2 saturated heterocycles. The van der Waals surface area contributed by atoms with Crippen LogP contribution < -0.4 is 21.3 Å². The largest absolute Gasteiger partial charge is 0.371 e. The number of nitrogens with one attached hydrogen (secondary N) is 2. The van der Waals surface area contributed by atoms with E-state index in [1.54, 1.807) is 0 Å². The number of hydrogen-bond acceptors (Lipinski definition) is 6. The maximum atomic E-state index is 6.38. The number of piperidine rings is 1. The molecule has 0 bridgehead atoms. The Morgan fingerprint density at radius 3 is 2.35 bits per heavy atom. The van der Waals surface area contributed by atoms with Crippen LogP contribution in [0.3, 0.4) is 0 Å². The summed E-state index contributed by atoms with van der Waals surface area (Å²) in [6.45, 7) is 19.3. The second kappa shape index (κ2) is 12.9. The van der Waals surface area contributed by atoms with Gasteiger partial charge in [0.25, 0.3) is 0 Å². The van der Waals surface area contributed by atoms with Gasteiger partial charge < -0.3 is 26.2 Å². The highest BCUT2D eigenvalue weighted by atomic mass is 31.1. The van der Waals surface area contributed by atoms with Crippen molar-refractivity contribution in [1.82, 2.24) is 15.1 Å². The molecule has 2 fully saturated rings. The number of nitrogens with two attached hydrogens (primary N) is 1. The summed E-state index contributed by atoms with van der Waals surface area (Å²) in [6, 6.07) is 7.54. The van der Waals surface area contributed by atoms with Crippen molar-refractivity contribution in [2.45, 2.75) is 64.9 Å². The van der Waals surface area contributed by atoms with E-state index in [1.807, 2.05) is 6.08 Å². The van der Waals surface area contributed by atoms with Crippen LogP contribution in [0.15, 0.2) is 41.9 Å². The minimum atomic E-state index is 0.0941. The molecule has 0 spiro atoms. The lowest BCUT2D eigenvalue weighted by Crippen LogP contribution is -2.52. The van der Waals surface area contributed by atoms with E-state index < -0.39 is 0 Å². The van der Waals surface area contributed by atoms with Gasteiger partial charge in [0.2, 0.25) is 0 Å². The van der Waals surface area contributed by atoms with E-state index >= 15 is 0 Å². The van der Waals surface area contributed by atoms with E-state index in [9.17, 15) is 0 Å². The first-order chi connectivity index (χ1) is 16.3. The first-order valence-electron chi connectivity index (χ1n) is 12.9. The molecule has 3 aliphatic rings. The van der Waals surface area contributed by atoms with Crippen molar-refractivity contribution >= 4 is 20.0 Å². The third kappa shape index (κ3) is 7.21. The number of anilines is 2. The Balaban J connectivity index is 0.000000751. The van der Waals surface area contributed by atoms with Gasteiger partial charge in [-0.15, -0.1) is 6.58 Å². The first kappa shape index (κ1) is 27.0. The van der Waals surface area contributed by atoms with Crippen LogP contribution in [0.1, 0.15) is 45.6 Å². The topological polar surface area (TPSA) is 59.8 Å². The van der Waals surface area contributed by atoms with Crippen LogP contribution in [0.5, 0.6) is 0 Å². The molecule has 1 aromatic rings. The Kier molecular flexibility index (Phi) is 10.3. The lowest BCUT2D eigenvalue weighted by molar-refractivity contribution is 0.0982. The fourth-order valence-electron chi connectivity index (χ4n) is 4.94. The zero-order valence-electron chi connectivity index (χ0n) is 22.0. The molecule has 0 aromatic heterocycles. The van der Waals surface area contributed by atoms with Crippen molar-refractivity contribution in [3.05, 3.63) is 47.4 Å². The zero-order chi connectivity index (χ0) is 24.7. The van der Waals surface area contributed by atoms with Crippen LogP contribution in [0.25, 0.3) is 0 Å². The van der Waals surface area contributed by atoms with E-state index in [0.29, 0.717) is 8.58 Å². The highest BCUT2D eigenvalue weighted by molar-refractivity contribution is 7.44. The van der Waals surface area contributed by atoms with Crippen LogP contribution in [-0.4, -0.2) is 74.1 Å². The molecule has 6 nitrogen and oxygen atoms in total. The maximum Gasteiger partial charge on any atom is 0.116 e. The van der Waals surface area contributed by atoms with Crippen LogP contribution in [-0.2, 0) is 0 Å². The highest BCUT2D eigenvalue weighted by Crippen LogP contribution is 2.35. The lowest BCUT2D eigenvalue weighted by Gasteiger charge is -2.43. The van der Waals surface area contributed by atoms with Gasteiger partial charge >= 0.3 is 0 Å². The molecule has 1 aromatic carbocycles. The Bertz CT molecular complexity index is 824. The molecule has 4 N–H and O–H groups in total. The number of piperazine rings is 1. The van der Waals surface area contributed by atoms with Crippen molar-refractivity contribution in [3.63, 3.8) is 0 Å². The molecule has 3 aliphatic heterocycles. The van der Waals surface area contributed by atoms with Crippen LogP contribution in [0, 0.1) is 6.92 Å². The standard InChI is InChI=1S/C23H39N6P.C4H8/c1-16-15-19(26-23-22(24)30-18(3)17(2)25-23)5-6-21(16)29-9-7-20(8-10-29)28-13-11-27(4)12-14-28;1-3-4-2/h5-6,15,20,22-23,25-26,30H,7-14,24H2,1-4H3;3H,1,4H2,2H3. The van der Waals surface area contributed by atoms with E-state index in [-0.39, 0.29) is 11.9 Å². The van der Waals surface area contributed by atoms with Gasteiger partial charge in [0.15, 0.2) is 0 Å². The van der Waals surface area contributed by atoms with Gasteiger partial charge in [-0.2, -0.15) is 0 Å². The number of likely N-dealkylation sites (N-methyl/N-ethyl adjacent to an activating group) is 1. The molecule has 3 atom stereocenters. The minimum Gasteiger partial charge on any atom is -0.371 e. The molecule has 0 radical (unpaired) electrons. The van der Waals surface area contributed by atoms with Crippen LogP contribution in [0.2, 0.25) is 0 Å². The summed E-state index contributed by atoms with van der Waals surface area (Å²) in [5, 5.41) is 8.53. The van der Waals surface area contributed by atoms with Crippen molar-refractivity contribution < 1.29 is 0 Å². The number of aryl methyl sites for hydroxylation is 1. The molecular weight excluding hydrogens is 439 g/mol.